The molecule has 119 valence electrons. The summed E-state index contributed by atoms with van der Waals surface area (Å²) >= 11 is 0. The zero-order chi connectivity index (χ0) is 15.8. The summed E-state index contributed by atoms with van der Waals surface area (Å²) in [6, 6.07) is 11.1. The summed E-state index contributed by atoms with van der Waals surface area (Å²) in [6.07, 6.45) is 2.88. The van der Waals surface area contributed by atoms with E-state index in [1.807, 2.05) is 24.3 Å². The second-order valence-corrected chi connectivity index (χ2v) is 5.20. The zero-order valence-electron chi connectivity index (χ0n) is 13.8. The molecule has 2 aromatic carbocycles. The van der Waals surface area contributed by atoms with Crippen molar-refractivity contribution in [2.45, 2.75) is 40.0 Å². The fourth-order valence-corrected chi connectivity index (χ4v) is 2.22. The SMILES string of the molecule is CCCOc1ccc2[c]ccc(OCCC)c2c1OCCC. The van der Waals surface area contributed by atoms with Gasteiger partial charge in [0.1, 0.15) is 5.75 Å². The number of benzene rings is 2. The second-order valence-electron chi connectivity index (χ2n) is 5.20. The van der Waals surface area contributed by atoms with Gasteiger partial charge in [-0.2, -0.15) is 0 Å². The molecular weight excluding hydrogens is 276 g/mol. The van der Waals surface area contributed by atoms with Gasteiger partial charge in [0.25, 0.3) is 0 Å². The third-order valence-corrected chi connectivity index (χ3v) is 3.22. The van der Waals surface area contributed by atoms with Crippen LogP contribution in [0.2, 0.25) is 0 Å². The first kappa shape index (κ1) is 16.5. The molecule has 1 radical (unpaired) electrons. The lowest BCUT2D eigenvalue weighted by Crippen LogP contribution is -2.03. The summed E-state index contributed by atoms with van der Waals surface area (Å²) in [5, 5.41) is 1.95. The summed E-state index contributed by atoms with van der Waals surface area (Å²) in [5.41, 5.74) is 0. The Morgan fingerprint density at radius 1 is 0.773 bits per heavy atom. The highest BCUT2D eigenvalue weighted by Crippen LogP contribution is 2.41. The van der Waals surface area contributed by atoms with Crippen molar-refractivity contribution in [1.29, 1.82) is 0 Å². The first-order valence-corrected chi connectivity index (χ1v) is 8.17. The summed E-state index contributed by atoms with van der Waals surface area (Å²) in [4.78, 5) is 0. The van der Waals surface area contributed by atoms with Crippen molar-refractivity contribution >= 4 is 10.8 Å². The van der Waals surface area contributed by atoms with E-state index in [0.717, 1.165) is 47.3 Å². The Balaban J connectivity index is 2.50. The van der Waals surface area contributed by atoms with E-state index < -0.39 is 0 Å². The maximum Gasteiger partial charge on any atom is 0.172 e. The monoisotopic (exact) mass is 301 g/mol. The van der Waals surface area contributed by atoms with Crippen LogP contribution in [0.4, 0.5) is 0 Å². The van der Waals surface area contributed by atoms with Gasteiger partial charge in [0.05, 0.1) is 25.2 Å². The van der Waals surface area contributed by atoms with E-state index in [9.17, 15) is 0 Å². The van der Waals surface area contributed by atoms with Gasteiger partial charge in [-0.1, -0.05) is 26.8 Å². The van der Waals surface area contributed by atoms with Gasteiger partial charge in [-0.3, -0.25) is 0 Å². The number of hydrogen-bond acceptors (Lipinski definition) is 3. The Morgan fingerprint density at radius 2 is 1.41 bits per heavy atom. The molecule has 0 fully saturated rings. The molecule has 0 saturated carbocycles. The van der Waals surface area contributed by atoms with E-state index in [1.54, 1.807) is 0 Å². The zero-order valence-corrected chi connectivity index (χ0v) is 13.8. The van der Waals surface area contributed by atoms with Crippen LogP contribution in [0.15, 0.2) is 24.3 Å². The van der Waals surface area contributed by atoms with Crippen LogP contribution in [0.25, 0.3) is 10.8 Å². The van der Waals surface area contributed by atoms with E-state index in [-0.39, 0.29) is 0 Å². The molecule has 3 nitrogen and oxygen atoms in total. The predicted octanol–water partition coefficient (Wildman–Crippen LogP) is 5.01. The summed E-state index contributed by atoms with van der Waals surface area (Å²) < 4.78 is 17.7. The molecule has 0 aliphatic heterocycles. The summed E-state index contributed by atoms with van der Waals surface area (Å²) in [7, 11) is 0. The average Bonchev–Trinajstić information content (AvgIpc) is 2.56. The van der Waals surface area contributed by atoms with E-state index in [4.69, 9.17) is 14.2 Å². The van der Waals surface area contributed by atoms with Gasteiger partial charge in [-0.25, -0.2) is 0 Å². The fraction of sp³-hybridized carbons (Fsp3) is 0.474. The van der Waals surface area contributed by atoms with Crippen LogP contribution in [0.3, 0.4) is 0 Å². The Hall–Kier alpha value is -1.90. The molecule has 0 saturated heterocycles. The molecule has 0 bridgehead atoms. The minimum atomic E-state index is 0.656. The second kappa shape index (κ2) is 8.52. The Morgan fingerprint density at radius 3 is 2.09 bits per heavy atom. The number of ether oxygens (including phenoxy) is 3. The van der Waals surface area contributed by atoms with Gasteiger partial charge < -0.3 is 14.2 Å². The minimum Gasteiger partial charge on any atom is -0.493 e. The minimum absolute atomic E-state index is 0.656. The molecule has 0 heterocycles. The van der Waals surface area contributed by atoms with Crippen LogP contribution in [0.1, 0.15) is 40.0 Å². The van der Waals surface area contributed by atoms with Crippen LogP contribution < -0.4 is 14.2 Å². The van der Waals surface area contributed by atoms with E-state index in [1.165, 1.54) is 0 Å². The Kier molecular flexibility index (Phi) is 6.38. The standard InChI is InChI=1S/C19H25O3/c1-4-12-20-16-9-7-8-15-10-11-17(21-13-5-2)19(18(15)16)22-14-6-3/h7,9-11H,4-6,12-14H2,1-3H3. The van der Waals surface area contributed by atoms with E-state index in [0.29, 0.717) is 19.8 Å². The maximum absolute atomic E-state index is 5.99. The molecule has 0 atom stereocenters. The molecule has 3 heteroatoms. The van der Waals surface area contributed by atoms with E-state index >= 15 is 0 Å². The number of rotatable bonds is 9. The van der Waals surface area contributed by atoms with Crippen molar-refractivity contribution in [2.75, 3.05) is 19.8 Å². The van der Waals surface area contributed by atoms with Gasteiger partial charge in [-0.05, 0) is 48.9 Å². The van der Waals surface area contributed by atoms with Crippen molar-refractivity contribution in [3.05, 3.63) is 30.3 Å². The van der Waals surface area contributed by atoms with E-state index in [2.05, 4.69) is 26.8 Å². The summed E-state index contributed by atoms with van der Waals surface area (Å²) in [5.74, 6) is 2.39. The quantitative estimate of drug-likeness (QED) is 0.652. The largest absolute Gasteiger partial charge is 0.493 e. The van der Waals surface area contributed by atoms with Crippen molar-refractivity contribution in [3.63, 3.8) is 0 Å². The molecule has 2 rings (SSSR count). The molecule has 0 unspecified atom stereocenters. The lowest BCUT2D eigenvalue weighted by Gasteiger charge is -2.17. The molecule has 0 aliphatic rings. The van der Waals surface area contributed by atoms with Gasteiger partial charge in [0.15, 0.2) is 11.5 Å². The first-order valence-electron chi connectivity index (χ1n) is 8.17. The molecule has 0 N–H and O–H groups in total. The van der Waals surface area contributed by atoms with Crippen LogP contribution in [-0.2, 0) is 0 Å². The Bertz CT molecular complexity index is 592. The third-order valence-electron chi connectivity index (χ3n) is 3.22. The Labute approximate surface area is 133 Å². The van der Waals surface area contributed by atoms with Crippen molar-refractivity contribution in [2.24, 2.45) is 0 Å². The maximum atomic E-state index is 5.99. The number of fused-ring (bicyclic) bond motifs is 1. The molecule has 0 amide bonds. The normalized spacial score (nSPS) is 10.7. The summed E-state index contributed by atoms with van der Waals surface area (Å²) in [6.45, 7) is 8.31. The molecule has 0 spiro atoms. The van der Waals surface area contributed by atoms with Crippen LogP contribution in [0, 0.1) is 6.07 Å². The van der Waals surface area contributed by atoms with Gasteiger partial charge in [-0.15, -0.1) is 0 Å². The van der Waals surface area contributed by atoms with Crippen LogP contribution >= 0.6 is 0 Å². The van der Waals surface area contributed by atoms with Crippen molar-refractivity contribution in [1.82, 2.24) is 0 Å². The van der Waals surface area contributed by atoms with Gasteiger partial charge >= 0.3 is 0 Å². The fourth-order valence-electron chi connectivity index (χ4n) is 2.22. The number of hydrogen-bond donors (Lipinski definition) is 0. The molecular formula is C19H25O3. The highest BCUT2D eigenvalue weighted by Gasteiger charge is 2.15. The van der Waals surface area contributed by atoms with Gasteiger partial charge in [0, 0.05) is 0 Å². The van der Waals surface area contributed by atoms with Gasteiger partial charge in [0.2, 0.25) is 0 Å². The van der Waals surface area contributed by atoms with Crippen LogP contribution in [0.5, 0.6) is 17.2 Å². The molecule has 22 heavy (non-hydrogen) atoms. The molecule has 0 aliphatic carbocycles. The lowest BCUT2D eigenvalue weighted by atomic mass is 10.1. The lowest BCUT2D eigenvalue weighted by molar-refractivity contribution is 0.269. The third kappa shape index (κ3) is 3.85. The molecule has 2 aromatic rings. The topological polar surface area (TPSA) is 27.7 Å². The first-order chi connectivity index (χ1) is 10.8. The average molecular weight is 301 g/mol. The van der Waals surface area contributed by atoms with Crippen molar-refractivity contribution < 1.29 is 14.2 Å². The highest BCUT2D eigenvalue weighted by molar-refractivity contribution is 5.95. The molecule has 0 aromatic heterocycles. The smallest absolute Gasteiger partial charge is 0.172 e. The van der Waals surface area contributed by atoms with Crippen LogP contribution in [-0.4, -0.2) is 19.8 Å². The highest BCUT2D eigenvalue weighted by atomic mass is 16.5. The van der Waals surface area contributed by atoms with Crippen molar-refractivity contribution in [3.8, 4) is 17.2 Å². The predicted molar refractivity (Wildman–Crippen MR) is 90.1 cm³/mol.